The van der Waals surface area contributed by atoms with Crippen molar-refractivity contribution in [3.05, 3.63) is 35.1 Å². The second kappa shape index (κ2) is 4.16. The Morgan fingerprint density at radius 1 is 1.33 bits per heavy atom. The van der Waals surface area contributed by atoms with Gasteiger partial charge in [0.25, 0.3) is 0 Å². The Hall–Kier alpha value is -1.14. The molecule has 0 aromatic heterocycles. The van der Waals surface area contributed by atoms with E-state index < -0.39 is 30.2 Å². The zero-order valence-corrected chi connectivity index (χ0v) is 7.55. The maximum Gasteiger partial charge on any atom is 0.416 e. The predicted octanol–water partition coefficient (Wildman–Crippen LogP) is 1.84. The van der Waals surface area contributed by atoms with Crippen LogP contribution in [-0.4, -0.2) is 11.7 Å². The largest absolute Gasteiger partial charge is 0.416 e. The molecular formula is C9H9F4NO. The first-order chi connectivity index (χ1) is 6.86. The van der Waals surface area contributed by atoms with Gasteiger partial charge in [0, 0.05) is 5.56 Å². The summed E-state index contributed by atoms with van der Waals surface area (Å²) in [7, 11) is 0. The van der Waals surface area contributed by atoms with Crippen LogP contribution in [0.5, 0.6) is 0 Å². The van der Waals surface area contributed by atoms with Gasteiger partial charge in [-0.1, -0.05) is 6.07 Å². The van der Waals surface area contributed by atoms with Crippen molar-refractivity contribution in [1.82, 2.24) is 0 Å². The minimum atomic E-state index is -4.58. The molecule has 0 fully saturated rings. The Labute approximate surface area is 83.3 Å². The van der Waals surface area contributed by atoms with Gasteiger partial charge in [0.05, 0.1) is 18.2 Å². The van der Waals surface area contributed by atoms with Crippen molar-refractivity contribution in [3.63, 3.8) is 0 Å². The molecule has 6 heteroatoms. The number of nitrogens with two attached hydrogens (primary N) is 1. The molecule has 0 aliphatic rings. The van der Waals surface area contributed by atoms with Gasteiger partial charge >= 0.3 is 6.18 Å². The molecule has 1 atom stereocenters. The van der Waals surface area contributed by atoms with Crippen LogP contribution in [0.1, 0.15) is 17.2 Å². The third-order valence-electron chi connectivity index (χ3n) is 1.92. The van der Waals surface area contributed by atoms with E-state index in [1.54, 1.807) is 0 Å². The van der Waals surface area contributed by atoms with Crippen molar-refractivity contribution in [2.45, 2.75) is 12.2 Å². The van der Waals surface area contributed by atoms with Crippen LogP contribution in [0.3, 0.4) is 0 Å². The van der Waals surface area contributed by atoms with E-state index in [0.29, 0.717) is 6.07 Å². The third kappa shape index (κ3) is 2.66. The smallest absolute Gasteiger partial charge is 0.394 e. The number of aliphatic hydroxyl groups is 1. The lowest BCUT2D eigenvalue weighted by Crippen LogP contribution is -2.17. The van der Waals surface area contributed by atoms with Crippen LogP contribution in [0, 0.1) is 5.82 Å². The molecule has 0 amide bonds. The van der Waals surface area contributed by atoms with E-state index in [1.807, 2.05) is 0 Å². The normalized spacial score (nSPS) is 14.0. The highest BCUT2D eigenvalue weighted by Gasteiger charge is 2.31. The van der Waals surface area contributed by atoms with Crippen molar-refractivity contribution >= 4 is 0 Å². The van der Waals surface area contributed by atoms with E-state index in [-0.39, 0.29) is 5.56 Å². The molecule has 0 saturated carbocycles. The molecule has 1 rings (SSSR count). The minimum Gasteiger partial charge on any atom is -0.394 e. The molecule has 1 aromatic rings. The van der Waals surface area contributed by atoms with Gasteiger partial charge in [-0.15, -0.1) is 0 Å². The van der Waals surface area contributed by atoms with Crippen LogP contribution in [0.25, 0.3) is 0 Å². The average molecular weight is 223 g/mol. The lowest BCUT2D eigenvalue weighted by atomic mass is 10.1. The first kappa shape index (κ1) is 11.9. The van der Waals surface area contributed by atoms with Crippen LogP contribution in [0.4, 0.5) is 17.6 Å². The molecule has 84 valence electrons. The topological polar surface area (TPSA) is 46.2 Å². The van der Waals surface area contributed by atoms with Gasteiger partial charge in [-0.2, -0.15) is 13.2 Å². The van der Waals surface area contributed by atoms with E-state index >= 15 is 0 Å². The van der Waals surface area contributed by atoms with Gasteiger partial charge in [-0.05, 0) is 12.1 Å². The number of alkyl halides is 3. The molecule has 0 radical (unpaired) electrons. The van der Waals surface area contributed by atoms with Crippen molar-refractivity contribution in [3.8, 4) is 0 Å². The summed E-state index contributed by atoms with van der Waals surface area (Å²) in [5, 5.41) is 8.63. The van der Waals surface area contributed by atoms with E-state index in [1.165, 1.54) is 0 Å². The van der Waals surface area contributed by atoms with E-state index in [0.717, 1.165) is 12.1 Å². The number of hydrogen-bond acceptors (Lipinski definition) is 2. The molecule has 0 bridgehead atoms. The van der Waals surface area contributed by atoms with E-state index in [4.69, 9.17) is 10.8 Å². The molecule has 3 N–H and O–H groups in total. The first-order valence-electron chi connectivity index (χ1n) is 4.09. The maximum atomic E-state index is 13.1. The Balaban J connectivity index is 3.09. The summed E-state index contributed by atoms with van der Waals surface area (Å²) in [4.78, 5) is 0. The van der Waals surface area contributed by atoms with Crippen molar-refractivity contribution < 1.29 is 22.7 Å². The number of halogens is 4. The first-order valence-corrected chi connectivity index (χ1v) is 4.09. The fourth-order valence-corrected chi connectivity index (χ4v) is 1.10. The standard InChI is InChI=1S/C9H9F4NO/c10-7-3-5(9(11,12)13)1-2-6(7)8(14)4-15/h1-3,8,15H,4,14H2. The monoisotopic (exact) mass is 223 g/mol. The van der Waals surface area contributed by atoms with E-state index in [9.17, 15) is 17.6 Å². The number of aliphatic hydroxyl groups excluding tert-OH is 1. The summed E-state index contributed by atoms with van der Waals surface area (Å²) in [6, 6.07) is 1.02. The second-order valence-corrected chi connectivity index (χ2v) is 3.02. The van der Waals surface area contributed by atoms with Gasteiger partial charge in [0.2, 0.25) is 0 Å². The molecule has 0 saturated heterocycles. The van der Waals surface area contributed by atoms with Crippen LogP contribution in [0.2, 0.25) is 0 Å². The molecule has 2 nitrogen and oxygen atoms in total. The average Bonchev–Trinajstić information content (AvgIpc) is 2.15. The summed E-state index contributed by atoms with van der Waals surface area (Å²) in [6.45, 7) is -0.526. The van der Waals surface area contributed by atoms with Crippen molar-refractivity contribution in [2.24, 2.45) is 5.73 Å². The molecule has 0 aliphatic heterocycles. The lowest BCUT2D eigenvalue weighted by molar-refractivity contribution is -0.137. The van der Waals surface area contributed by atoms with Crippen LogP contribution >= 0.6 is 0 Å². The molecule has 15 heavy (non-hydrogen) atoms. The fourth-order valence-electron chi connectivity index (χ4n) is 1.10. The zero-order valence-electron chi connectivity index (χ0n) is 7.55. The van der Waals surface area contributed by atoms with Gasteiger partial charge in [-0.3, -0.25) is 0 Å². The van der Waals surface area contributed by atoms with Crippen LogP contribution < -0.4 is 5.73 Å². The second-order valence-electron chi connectivity index (χ2n) is 3.02. The minimum absolute atomic E-state index is 0.134. The molecule has 1 aromatic carbocycles. The quantitative estimate of drug-likeness (QED) is 0.751. The van der Waals surface area contributed by atoms with Gasteiger partial charge in [0.15, 0.2) is 0 Å². The molecule has 0 spiro atoms. The molecular weight excluding hydrogens is 214 g/mol. The highest BCUT2D eigenvalue weighted by Crippen LogP contribution is 2.30. The Bertz CT molecular complexity index is 350. The van der Waals surface area contributed by atoms with Crippen LogP contribution in [-0.2, 0) is 6.18 Å². The zero-order chi connectivity index (χ0) is 11.6. The fraction of sp³-hybridized carbons (Fsp3) is 0.333. The summed E-state index contributed by atoms with van der Waals surface area (Å²) < 4.78 is 49.5. The van der Waals surface area contributed by atoms with E-state index in [2.05, 4.69) is 0 Å². The summed E-state index contributed by atoms with van der Waals surface area (Å²) in [6.07, 6.45) is -4.58. The Morgan fingerprint density at radius 3 is 2.33 bits per heavy atom. The SMILES string of the molecule is NC(CO)c1ccc(C(F)(F)F)cc1F. The highest BCUT2D eigenvalue weighted by atomic mass is 19.4. The highest BCUT2D eigenvalue weighted by molar-refractivity contribution is 5.28. The van der Waals surface area contributed by atoms with Crippen LogP contribution in [0.15, 0.2) is 18.2 Å². The summed E-state index contributed by atoms with van der Waals surface area (Å²) in [5.74, 6) is -1.06. The van der Waals surface area contributed by atoms with Crippen molar-refractivity contribution in [2.75, 3.05) is 6.61 Å². The number of benzene rings is 1. The number of rotatable bonds is 2. The molecule has 1 unspecified atom stereocenters. The summed E-state index contributed by atoms with van der Waals surface area (Å²) in [5.41, 5.74) is 4.07. The summed E-state index contributed by atoms with van der Waals surface area (Å²) >= 11 is 0. The van der Waals surface area contributed by atoms with Gasteiger partial charge < -0.3 is 10.8 Å². The molecule has 0 heterocycles. The Kier molecular flexibility index (Phi) is 3.31. The van der Waals surface area contributed by atoms with Gasteiger partial charge in [-0.25, -0.2) is 4.39 Å². The maximum absolute atomic E-state index is 13.1. The van der Waals surface area contributed by atoms with Crippen molar-refractivity contribution in [1.29, 1.82) is 0 Å². The predicted molar refractivity (Wildman–Crippen MR) is 45.4 cm³/mol. The Morgan fingerprint density at radius 2 is 1.93 bits per heavy atom. The third-order valence-corrected chi connectivity index (χ3v) is 1.92. The lowest BCUT2D eigenvalue weighted by Gasteiger charge is -2.12. The van der Waals surface area contributed by atoms with Gasteiger partial charge in [0.1, 0.15) is 5.82 Å². The molecule has 0 aliphatic carbocycles. The number of hydrogen-bond donors (Lipinski definition) is 2.